The van der Waals surface area contributed by atoms with E-state index in [1.807, 2.05) is 49.9 Å². The molecule has 3 heterocycles. The second-order valence-electron chi connectivity index (χ2n) is 10.7. The van der Waals surface area contributed by atoms with Crippen LogP contribution in [0.25, 0.3) is 12.2 Å². The van der Waals surface area contributed by atoms with Crippen LogP contribution in [0, 0.1) is 33.6 Å². The molecular formula is C30H35N3O4S. The molecule has 0 radical (unpaired) electrons. The molecule has 0 aliphatic carbocycles. The van der Waals surface area contributed by atoms with E-state index in [-0.39, 0.29) is 29.1 Å². The zero-order valence-electron chi connectivity index (χ0n) is 22.7. The number of carbonyl (C=O) groups excluding carboxylic acids is 1. The van der Waals surface area contributed by atoms with Gasteiger partial charge >= 0.3 is 0 Å². The van der Waals surface area contributed by atoms with Gasteiger partial charge in [-0.05, 0) is 88.3 Å². The van der Waals surface area contributed by atoms with Crippen LogP contribution in [0.1, 0.15) is 59.0 Å². The molecular weight excluding hydrogens is 498 g/mol. The van der Waals surface area contributed by atoms with Crippen molar-refractivity contribution in [2.24, 2.45) is 5.92 Å². The summed E-state index contributed by atoms with van der Waals surface area (Å²) >= 11 is 0. The van der Waals surface area contributed by atoms with Gasteiger partial charge in [0.1, 0.15) is 5.69 Å². The summed E-state index contributed by atoms with van der Waals surface area (Å²) < 4.78 is 34.7. The van der Waals surface area contributed by atoms with Gasteiger partial charge in [0, 0.05) is 24.8 Å². The number of rotatable bonds is 5. The van der Waals surface area contributed by atoms with Crippen LogP contribution in [0.3, 0.4) is 0 Å². The van der Waals surface area contributed by atoms with Crippen LogP contribution >= 0.6 is 0 Å². The second-order valence-corrected chi connectivity index (χ2v) is 12.6. The number of benzene rings is 2. The van der Waals surface area contributed by atoms with Crippen LogP contribution < -0.4 is 4.90 Å². The first-order chi connectivity index (χ1) is 18.1. The number of anilines is 1. The summed E-state index contributed by atoms with van der Waals surface area (Å²) in [5.41, 5.74) is 6.83. The van der Waals surface area contributed by atoms with E-state index in [2.05, 4.69) is 30.3 Å². The average molecular weight is 534 g/mol. The van der Waals surface area contributed by atoms with E-state index in [0.29, 0.717) is 25.1 Å². The van der Waals surface area contributed by atoms with E-state index in [0.717, 1.165) is 34.4 Å². The number of piperidine rings is 1. The molecule has 2 atom stereocenters. The number of aryl methyl sites for hydroxylation is 4. The van der Waals surface area contributed by atoms with Gasteiger partial charge in [-0.2, -0.15) is 4.31 Å². The maximum Gasteiger partial charge on any atom is 0.248 e. The highest BCUT2D eigenvalue weighted by Crippen LogP contribution is 2.36. The summed E-state index contributed by atoms with van der Waals surface area (Å²) in [6.07, 6.45) is 5.67. The molecule has 2 aliphatic rings. The molecule has 1 aromatic heterocycles. The molecule has 3 aromatic rings. The standard InChI is InChI=1S/C30H35N3O4S/c1-19-15-20(2)26(21(3)16-19)12-13-28-29(23(5)31-37-28)38(35,36)32-14-8-10-25(18-32)30(34)33-22(4)17-24-9-6-7-11-27(24)33/h6-7,9,11-13,15-16,22,25H,8,10,14,17-18H2,1-5H3/b13-12+/t22-,25+/m1/s1. The van der Waals surface area contributed by atoms with Crippen LogP contribution in [0.2, 0.25) is 0 Å². The lowest BCUT2D eigenvalue weighted by atomic mass is 9.97. The predicted octanol–water partition coefficient (Wildman–Crippen LogP) is 5.46. The Morgan fingerprint density at radius 2 is 1.79 bits per heavy atom. The number of amides is 1. The minimum absolute atomic E-state index is 0.00479. The van der Waals surface area contributed by atoms with Gasteiger partial charge < -0.3 is 9.42 Å². The fourth-order valence-corrected chi connectivity index (χ4v) is 7.78. The third-order valence-corrected chi connectivity index (χ3v) is 9.77. The Balaban J connectivity index is 1.41. The van der Waals surface area contributed by atoms with Gasteiger partial charge in [0.2, 0.25) is 15.9 Å². The van der Waals surface area contributed by atoms with E-state index in [4.69, 9.17) is 4.52 Å². The van der Waals surface area contributed by atoms with Crippen LogP contribution in [0.5, 0.6) is 0 Å². The Hall–Kier alpha value is -3.23. The Morgan fingerprint density at radius 1 is 1.08 bits per heavy atom. The van der Waals surface area contributed by atoms with Crippen molar-refractivity contribution in [3.63, 3.8) is 0 Å². The van der Waals surface area contributed by atoms with Gasteiger partial charge in [0.25, 0.3) is 0 Å². The zero-order valence-corrected chi connectivity index (χ0v) is 23.5. The molecule has 1 saturated heterocycles. The number of sulfonamides is 1. The van der Waals surface area contributed by atoms with Crippen molar-refractivity contribution in [3.05, 3.63) is 75.7 Å². The number of para-hydroxylation sites is 1. The Labute approximate surface area is 225 Å². The molecule has 2 aromatic carbocycles. The quantitative estimate of drug-likeness (QED) is 0.435. The maximum atomic E-state index is 13.9. The lowest BCUT2D eigenvalue weighted by molar-refractivity contribution is -0.123. The Kier molecular flexibility index (Phi) is 7.05. The normalized spacial score (nSPS) is 20.3. The van der Waals surface area contributed by atoms with Crippen LogP contribution in [-0.2, 0) is 21.2 Å². The fraction of sp³-hybridized carbons (Fsp3) is 0.400. The van der Waals surface area contributed by atoms with Crippen molar-refractivity contribution in [1.29, 1.82) is 0 Å². The van der Waals surface area contributed by atoms with E-state index < -0.39 is 15.9 Å². The summed E-state index contributed by atoms with van der Waals surface area (Å²) in [5, 5.41) is 3.99. The highest BCUT2D eigenvalue weighted by molar-refractivity contribution is 7.89. The van der Waals surface area contributed by atoms with Gasteiger partial charge in [-0.1, -0.05) is 47.1 Å². The second kappa shape index (κ2) is 10.2. The first-order valence-corrected chi connectivity index (χ1v) is 14.6. The number of hydrogen-bond donors (Lipinski definition) is 0. The molecule has 0 unspecified atom stereocenters. The number of hydrogen-bond acceptors (Lipinski definition) is 5. The number of carbonyl (C=O) groups is 1. The minimum Gasteiger partial charge on any atom is -0.355 e. The largest absolute Gasteiger partial charge is 0.355 e. The maximum absolute atomic E-state index is 13.9. The molecule has 200 valence electrons. The van der Waals surface area contributed by atoms with Crippen molar-refractivity contribution < 1.29 is 17.7 Å². The third-order valence-electron chi connectivity index (χ3n) is 7.75. The van der Waals surface area contributed by atoms with E-state index in [1.54, 1.807) is 13.0 Å². The topological polar surface area (TPSA) is 83.7 Å². The van der Waals surface area contributed by atoms with Crippen molar-refractivity contribution >= 4 is 33.8 Å². The van der Waals surface area contributed by atoms with Crippen molar-refractivity contribution in [2.45, 2.75) is 64.8 Å². The van der Waals surface area contributed by atoms with Gasteiger partial charge in [-0.15, -0.1) is 0 Å². The van der Waals surface area contributed by atoms with Gasteiger partial charge in [-0.3, -0.25) is 4.79 Å². The molecule has 0 spiro atoms. The minimum atomic E-state index is -3.92. The molecule has 1 fully saturated rings. The highest BCUT2D eigenvalue weighted by Gasteiger charge is 2.40. The van der Waals surface area contributed by atoms with E-state index in [9.17, 15) is 13.2 Å². The average Bonchev–Trinajstić information content (AvgIpc) is 3.41. The summed E-state index contributed by atoms with van der Waals surface area (Å²) in [7, 11) is -3.92. The highest BCUT2D eigenvalue weighted by atomic mass is 32.2. The van der Waals surface area contributed by atoms with E-state index in [1.165, 1.54) is 9.87 Å². The molecule has 0 bridgehead atoms. The summed E-state index contributed by atoms with van der Waals surface area (Å²) in [6.45, 7) is 10.3. The van der Waals surface area contributed by atoms with Gasteiger partial charge in [0.15, 0.2) is 10.7 Å². The molecule has 1 amide bonds. The smallest absolute Gasteiger partial charge is 0.248 e. The fourth-order valence-electron chi connectivity index (χ4n) is 6.00. The Morgan fingerprint density at radius 3 is 2.53 bits per heavy atom. The van der Waals surface area contributed by atoms with Crippen LogP contribution in [0.4, 0.5) is 5.69 Å². The molecule has 0 N–H and O–H groups in total. The summed E-state index contributed by atoms with van der Waals surface area (Å²) in [4.78, 5) is 15.6. The van der Waals surface area contributed by atoms with Crippen molar-refractivity contribution in [1.82, 2.24) is 9.46 Å². The molecule has 8 heteroatoms. The summed E-state index contributed by atoms with van der Waals surface area (Å²) in [6, 6.07) is 12.2. The molecule has 38 heavy (non-hydrogen) atoms. The number of aromatic nitrogens is 1. The van der Waals surface area contributed by atoms with Crippen LogP contribution in [0.15, 0.2) is 45.8 Å². The lowest BCUT2D eigenvalue weighted by Gasteiger charge is -2.34. The molecule has 0 saturated carbocycles. The molecule has 2 aliphatic heterocycles. The molecule has 7 nitrogen and oxygen atoms in total. The number of nitrogens with zero attached hydrogens (tertiary/aromatic N) is 3. The third kappa shape index (κ3) is 4.71. The lowest BCUT2D eigenvalue weighted by Crippen LogP contribution is -2.48. The van der Waals surface area contributed by atoms with Gasteiger partial charge in [-0.25, -0.2) is 8.42 Å². The van der Waals surface area contributed by atoms with Crippen LogP contribution in [-0.4, -0.2) is 42.9 Å². The first kappa shape index (κ1) is 26.4. The first-order valence-electron chi connectivity index (χ1n) is 13.2. The predicted molar refractivity (Wildman–Crippen MR) is 149 cm³/mol. The van der Waals surface area contributed by atoms with Crippen molar-refractivity contribution in [2.75, 3.05) is 18.0 Å². The monoisotopic (exact) mass is 533 g/mol. The van der Waals surface area contributed by atoms with Crippen molar-refractivity contribution in [3.8, 4) is 0 Å². The SMILES string of the molecule is Cc1cc(C)c(/C=C/c2onc(C)c2S(=O)(=O)N2CCC[C@H](C(=O)N3c4ccccc4C[C@H]3C)C2)c(C)c1. The van der Waals surface area contributed by atoms with E-state index >= 15 is 0 Å². The Bertz CT molecular complexity index is 1500. The summed E-state index contributed by atoms with van der Waals surface area (Å²) in [5.74, 6) is -0.198. The molecule has 5 rings (SSSR count). The zero-order chi connectivity index (χ0) is 27.2. The number of fused-ring (bicyclic) bond motifs is 1. The van der Waals surface area contributed by atoms with Gasteiger partial charge in [0.05, 0.1) is 5.92 Å².